The van der Waals surface area contributed by atoms with Crippen molar-refractivity contribution < 1.29 is 0 Å². The van der Waals surface area contributed by atoms with E-state index in [9.17, 15) is 4.79 Å². The molecule has 1 aliphatic heterocycles. The number of hydrogen-bond donors (Lipinski definition) is 2. The van der Waals surface area contributed by atoms with Gasteiger partial charge in [0.2, 0.25) is 0 Å². The predicted octanol–water partition coefficient (Wildman–Crippen LogP) is 0.738. The molecular weight excluding hydrogens is 190 g/mol. The van der Waals surface area contributed by atoms with Crippen LogP contribution in [0.25, 0.3) is 0 Å². The predicted molar refractivity (Wildman–Crippen MR) is 60.0 cm³/mol. The molecule has 0 aromatic carbocycles. The van der Waals surface area contributed by atoms with E-state index in [0.717, 1.165) is 38.2 Å². The Bertz CT molecular complexity index is 360. The standard InChI is InChI=1S/C11H19N3O/c1-2-3-10-6-11(15)14(13-10)8-9-4-5-12-7-9/h6,9,12-13H,2-5,7-8H2,1H3. The molecule has 0 radical (unpaired) electrons. The van der Waals surface area contributed by atoms with Crippen LogP contribution in [0, 0.1) is 5.92 Å². The molecule has 2 heterocycles. The Labute approximate surface area is 89.7 Å². The van der Waals surface area contributed by atoms with Gasteiger partial charge in [-0.1, -0.05) is 13.3 Å². The molecule has 1 aromatic heterocycles. The first-order valence-corrected chi connectivity index (χ1v) is 5.79. The number of hydrogen-bond acceptors (Lipinski definition) is 2. The number of nitrogens with zero attached hydrogens (tertiary/aromatic N) is 1. The Morgan fingerprint density at radius 3 is 3.13 bits per heavy atom. The van der Waals surface area contributed by atoms with Crippen molar-refractivity contribution in [1.29, 1.82) is 0 Å². The van der Waals surface area contributed by atoms with Gasteiger partial charge in [0.1, 0.15) is 0 Å². The number of nitrogens with one attached hydrogen (secondary N) is 2. The van der Waals surface area contributed by atoms with Gasteiger partial charge >= 0.3 is 0 Å². The summed E-state index contributed by atoms with van der Waals surface area (Å²) in [5, 5.41) is 6.50. The van der Waals surface area contributed by atoms with Crippen LogP contribution in [0.5, 0.6) is 0 Å². The van der Waals surface area contributed by atoms with E-state index < -0.39 is 0 Å². The highest BCUT2D eigenvalue weighted by molar-refractivity contribution is 4.99. The summed E-state index contributed by atoms with van der Waals surface area (Å²) in [4.78, 5) is 11.6. The van der Waals surface area contributed by atoms with E-state index >= 15 is 0 Å². The molecule has 2 N–H and O–H groups in total. The van der Waals surface area contributed by atoms with E-state index in [-0.39, 0.29) is 5.56 Å². The van der Waals surface area contributed by atoms with Crippen LogP contribution in [0.3, 0.4) is 0 Å². The third-order valence-electron chi connectivity index (χ3n) is 2.96. The molecule has 0 bridgehead atoms. The van der Waals surface area contributed by atoms with Gasteiger partial charge < -0.3 is 5.32 Å². The van der Waals surface area contributed by atoms with Crippen molar-refractivity contribution in [2.45, 2.75) is 32.7 Å². The van der Waals surface area contributed by atoms with Gasteiger partial charge in [0.25, 0.3) is 5.56 Å². The van der Waals surface area contributed by atoms with E-state index in [2.05, 4.69) is 17.3 Å². The lowest BCUT2D eigenvalue weighted by atomic mass is 10.1. The largest absolute Gasteiger partial charge is 0.316 e. The van der Waals surface area contributed by atoms with Gasteiger partial charge in [0, 0.05) is 18.3 Å². The molecule has 1 aromatic rings. The summed E-state index contributed by atoms with van der Waals surface area (Å²) in [6, 6.07) is 1.73. The van der Waals surface area contributed by atoms with Crippen LogP contribution >= 0.6 is 0 Å². The molecule has 1 atom stereocenters. The highest BCUT2D eigenvalue weighted by Crippen LogP contribution is 2.09. The molecule has 0 spiro atoms. The minimum absolute atomic E-state index is 0.116. The summed E-state index contributed by atoms with van der Waals surface area (Å²) in [6.45, 7) is 5.07. The zero-order valence-corrected chi connectivity index (χ0v) is 9.25. The monoisotopic (exact) mass is 209 g/mol. The maximum absolute atomic E-state index is 11.6. The Morgan fingerprint density at radius 1 is 1.60 bits per heavy atom. The van der Waals surface area contributed by atoms with Crippen LogP contribution in [0.4, 0.5) is 0 Å². The molecule has 2 rings (SSSR count). The summed E-state index contributed by atoms with van der Waals surface area (Å²) in [7, 11) is 0. The average molecular weight is 209 g/mol. The number of aryl methyl sites for hydroxylation is 1. The molecule has 15 heavy (non-hydrogen) atoms. The summed E-state index contributed by atoms with van der Waals surface area (Å²) in [6.07, 6.45) is 3.21. The lowest BCUT2D eigenvalue weighted by molar-refractivity contribution is 0.438. The van der Waals surface area contributed by atoms with Gasteiger partial charge in [0.05, 0.1) is 0 Å². The molecule has 0 saturated carbocycles. The zero-order chi connectivity index (χ0) is 10.7. The minimum atomic E-state index is 0.116. The smallest absolute Gasteiger partial charge is 0.266 e. The van der Waals surface area contributed by atoms with Gasteiger partial charge in [0.15, 0.2) is 0 Å². The van der Waals surface area contributed by atoms with Crippen LogP contribution < -0.4 is 10.9 Å². The van der Waals surface area contributed by atoms with E-state index in [1.165, 1.54) is 6.42 Å². The second-order valence-electron chi connectivity index (χ2n) is 4.34. The Kier molecular flexibility index (Phi) is 3.26. The SMILES string of the molecule is CCCc1cc(=O)n(CC2CCNC2)[nH]1. The van der Waals surface area contributed by atoms with E-state index in [1.54, 1.807) is 10.7 Å². The lowest BCUT2D eigenvalue weighted by Crippen LogP contribution is -2.22. The Balaban J connectivity index is 2.03. The Morgan fingerprint density at radius 2 is 2.47 bits per heavy atom. The molecule has 84 valence electrons. The van der Waals surface area contributed by atoms with Gasteiger partial charge in [-0.3, -0.25) is 14.6 Å². The van der Waals surface area contributed by atoms with Crippen LogP contribution in [-0.2, 0) is 13.0 Å². The normalized spacial score (nSPS) is 21.0. The second-order valence-corrected chi connectivity index (χ2v) is 4.34. The minimum Gasteiger partial charge on any atom is -0.316 e. The van der Waals surface area contributed by atoms with Crippen molar-refractivity contribution in [3.05, 3.63) is 22.1 Å². The van der Waals surface area contributed by atoms with E-state index in [0.29, 0.717) is 5.92 Å². The molecule has 0 amide bonds. The molecule has 1 fully saturated rings. The van der Waals surface area contributed by atoms with Crippen molar-refractivity contribution in [2.75, 3.05) is 13.1 Å². The van der Waals surface area contributed by atoms with Gasteiger partial charge in [-0.15, -0.1) is 0 Å². The van der Waals surface area contributed by atoms with Crippen molar-refractivity contribution in [3.8, 4) is 0 Å². The molecule has 1 saturated heterocycles. The lowest BCUT2D eigenvalue weighted by Gasteiger charge is -2.08. The summed E-state index contributed by atoms with van der Waals surface area (Å²) in [5.74, 6) is 0.607. The number of H-pyrrole nitrogens is 1. The zero-order valence-electron chi connectivity index (χ0n) is 9.25. The van der Waals surface area contributed by atoms with Crippen molar-refractivity contribution in [2.24, 2.45) is 5.92 Å². The quantitative estimate of drug-likeness (QED) is 0.768. The average Bonchev–Trinajstić information content (AvgIpc) is 2.79. The van der Waals surface area contributed by atoms with Crippen molar-refractivity contribution in [3.63, 3.8) is 0 Å². The molecule has 1 unspecified atom stereocenters. The van der Waals surface area contributed by atoms with Crippen molar-refractivity contribution >= 4 is 0 Å². The maximum atomic E-state index is 11.6. The van der Waals surface area contributed by atoms with Gasteiger partial charge in [-0.05, 0) is 31.8 Å². The first-order valence-electron chi connectivity index (χ1n) is 5.79. The van der Waals surface area contributed by atoms with Crippen LogP contribution in [-0.4, -0.2) is 22.9 Å². The van der Waals surface area contributed by atoms with Gasteiger partial charge in [-0.25, -0.2) is 0 Å². The maximum Gasteiger partial charge on any atom is 0.266 e. The topological polar surface area (TPSA) is 49.8 Å². The fourth-order valence-corrected chi connectivity index (χ4v) is 2.15. The first-order chi connectivity index (χ1) is 7.29. The van der Waals surface area contributed by atoms with Crippen LogP contribution in [0.15, 0.2) is 10.9 Å². The molecular formula is C11H19N3O. The number of aromatic nitrogens is 2. The van der Waals surface area contributed by atoms with Crippen molar-refractivity contribution in [1.82, 2.24) is 15.1 Å². The van der Waals surface area contributed by atoms with Crippen LogP contribution in [0.1, 0.15) is 25.5 Å². The molecule has 0 aliphatic carbocycles. The third kappa shape index (κ3) is 2.50. The number of aromatic amines is 1. The fourth-order valence-electron chi connectivity index (χ4n) is 2.15. The molecule has 4 nitrogen and oxygen atoms in total. The third-order valence-corrected chi connectivity index (χ3v) is 2.96. The molecule has 4 heteroatoms. The van der Waals surface area contributed by atoms with Gasteiger partial charge in [-0.2, -0.15) is 0 Å². The fraction of sp³-hybridized carbons (Fsp3) is 0.727. The molecule has 1 aliphatic rings. The summed E-state index contributed by atoms with van der Waals surface area (Å²) in [5.41, 5.74) is 1.18. The summed E-state index contributed by atoms with van der Waals surface area (Å²) < 4.78 is 1.75. The number of rotatable bonds is 4. The Hall–Kier alpha value is -1.03. The highest BCUT2D eigenvalue weighted by atomic mass is 16.1. The van der Waals surface area contributed by atoms with E-state index in [4.69, 9.17) is 0 Å². The highest BCUT2D eigenvalue weighted by Gasteiger charge is 2.16. The first kappa shape index (κ1) is 10.5. The summed E-state index contributed by atoms with van der Waals surface area (Å²) >= 11 is 0. The van der Waals surface area contributed by atoms with E-state index in [1.807, 2.05) is 0 Å². The second kappa shape index (κ2) is 4.66. The van der Waals surface area contributed by atoms with Crippen LogP contribution in [0.2, 0.25) is 0 Å².